The third kappa shape index (κ3) is 3.64. The fourth-order valence-corrected chi connectivity index (χ4v) is 3.59. The molecule has 0 aromatic rings. The third-order valence-corrected chi connectivity index (χ3v) is 4.83. The third-order valence-electron chi connectivity index (χ3n) is 4.83. The summed E-state index contributed by atoms with van der Waals surface area (Å²) in [5, 5.41) is 0. The maximum Gasteiger partial charge on any atom is 0.409 e. The van der Waals surface area contributed by atoms with Gasteiger partial charge in [-0.25, -0.2) is 4.79 Å². The van der Waals surface area contributed by atoms with Crippen molar-refractivity contribution in [3.63, 3.8) is 0 Å². The Morgan fingerprint density at radius 2 is 1.95 bits per heavy atom. The number of piperazine rings is 1. The summed E-state index contributed by atoms with van der Waals surface area (Å²) in [6, 6.07) is 0.605. The van der Waals surface area contributed by atoms with E-state index in [1.54, 1.807) is 0 Å². The Bertz CT molecular complexity index is 316. The van der Waals surface area contributed by atoms with Crippen LogP contribution in [0.5, 0.6) is 0 Å². The normalized spacial score (nSPS) is 32.1. The maximum atomic E-state index is 11.7. The molecule has 116 valence electrons. The van der Waals surface area contributed by atoms with Crippen molar-refractivity contribution in [2.45, 2.75) is 39.2 Å². The van der Waals surface area contributed by atoms with Gasteiger partial charge in [0.25, 0.3) is 0 Å². The Labute approximate surface area is 122 Å². The smallest absolute Gasteiger partial charge is 0.409 e. The van der Waals surface area contributed by atoms with E-state index in [4.69, 9.17) is 10.5 Å². The summed E-state index contributed by atoms with van der Waals surface area (Å²) < 4.78 is 5.07. The van der Waals surface area contributed by atoms with Crippen molar-refractivity contribution in [1.29, 1.82) is 0 Å². The van der Waals surface area contributed by atoms with Crippen LogP contribution in [0.2, 0.25) is 0 Å². The molecule has 5 heteroatoms. The molecule has 3 unspecified atom stereocenters. The zero-order chi connectivity index (χ0) is 14.5. The number of nitrogens with zero attached hydrogens (tertiary/aromatic N) is 2. The maximum absolute atomic E-state index is 11.7. The van der Waals surface area contributed by atoms with Crippen LogP contribution in [0.15, 0.2) is 0 Å². The van der Waals surface area contributed by atoms with Crippen LogP contribution in [0.25, 0.3) is 0 Å². The number of rotatable bonds is 3. The molecule has 2 rings (SSSR count). The summed E-state index contributed by atoms with van der Waals surface area (Å²) in [6.45, 7) is 8.89. The van der Waals surface area contributed by atoms with Gasteiger partial charge in [0, 0.05) is 32.2 Å². The Kier molecular flexibility index (Phi) is 5.66. The fourth-order valence-electron chi connectivity index (χ4n) is 3.59. The van der Waals surface area contributed by atoms with Gasteiger partial charge in [0.05, 0.1) is 6.61 Å². The van der Waals surface area contributed by atoms with Crippen molar-refractivity contribution < 1.29 is 9.53 Å². The quantitative estimate of drug-likeness (QED) is 0.853. The summed E-state index contributed by atoms with van der Waals surface area (Å²) in [5.74, 6) is 1.42. The molecule has 0 aromatic heterocycles. The fraction of sp³-hybridized carbons (Fsp3) is 0.933. The van der Waals surface area contributed by atoms with Crippen LogP contribution >= 0.6 is 0 Å². The molecule has 1 aliphatic carbocycles. The van der Waals surface area contributed by atoms with Crippen molar-refractivity contribution in [3.8, 4) is 0 Å². The highest BCUT2D eigenvalue weighted by Crippen LogP contribution is 2.32. The molecular weight excluding hydrogens is 254 g/mol. The largest absolute Gasteiger partial charge is 0.450 e. The molecule has 0 bridgehead atoms. The molecule has 1 heterocycles. The van der Waals surface area contributed by atoms with Gasteiger partial charge in [-0.1, -0.05) is 13.3 Å². The number of hydrogen-bond acceptors (Lipinski definition) is 4. The minimum Gasteiger partial charge on any atom is -0.450 e. The molecule has 5 nitrogen and oxygen atoms in total. The summed E-state index contributed by atoms with van der Waals surface area (Å²) in [7, 11) is 0. The second kappa shape index (κ2) is 7.27. The van der Waals surface area contributed by atoms with Crippen LogP contribution in [-0.2, 0) is 4.74 Å². The first-order chi connectivity index (χ1) is 9.65. The highest BCUT2D eigenvalue weighted by atomic mass is 16.6. The van der Waals surface area contributed by atoms with Crippen molar-refractivity contribution in [1.82, 2.24) is 9.80 Å². The first-order valence-electron chi connectivity index (χ1n) is 8.01. The zero-order valence-electron chi connectivity index (χ0n) is 12.9. The highest BCUT2D eigenvalue weighted by molar-refractivity contribution is 5.67. The van der Waals surface area contributed by atoms with Crippen LogP contribution in [0.1, 0.15) is 33.1 Å². The van der Waals surface area contributed by atoms with Crippen LogP contribution in [0.4, 0.5) is 4.79 Å². The second-order valence-electron chi connectivity index (χ2n) is 6.20. The monoisotopic (exact) mass is 283 g/mol. The van der Waals surface area contributed by atoms with E-state index in [1.807, 2.05) is 11.8 Å². The molecule has 0 radical (unpaired) electrons. The van der Waals surface area contributed by atoms with Crippen LogP contribution < -0.4 is 5.73 Å². The summed E-state index contributed by atoms with van der Waals surface area (Å²) in [5.41, 5.74) is 5.95. The minimum atomic E-state index is -0.167. The predicted molar refractivity (Wildman–Crippen MR) is 79.5 cm³/mol. The van der Waals surface area contributed by atoms with E-state index in [0.717, 1.165) is 38.6 Å². The van der Waals surface area contributed by atoms with Crippen molar-refractivity contribution in [3.05, 3.63) is 0 Å². The van der Waals surface area contributed by atoms with Gasteiger partial charge in [0.2, 0.25) is 0 Å². The zero-order valence-corrected chi connectivity index (χ0v) is 12.9. The van der Waals surface area contributed by atoms with E-state index < -0.39 is 0 Å². The van der Waals surface area contributed by atoms with Crippen molar-refractivity contribution in [2.75, 3.05) is 39.3 Å². The lowest BCUT2D eigenvalue weighted by Crippen LogP contribution is -2.55. The van der Waals surface area contributed by atoms with Crippen LogP contribution in [-0.4, -0.2) is 61.3 Å². The van der Waals surface area contributed by atoms with Gasteiger partial charge in [-0.15, -0.1) is 0 Å². The topological polar surface area (TPSA) is 58.8 Å². The predicted octanol–water partition coefficient (Wildman–Crippen LogP) is 1.52. The summed E-state index contributed by atoms with van der Waals surface area (Å²) in [4.78, 5) is 16.1. The van der Waals surface area contributed by atoms with Gasteiger partial charge >= 0.3 is 6.09 Å². The van der Waals surface area contributed by atoms with Crippen molar-refractivity contribution in [2.24, 2.45) is 17.6 Å². The Hall–Kier alpha value is -0.810. The molecule has 0 spiro atoms. The van der Waals surface area contributed by atoms with Gasteiger partial charge in [0.1, 0.15) is 0 Å². The van der Waals surface area contributed by atoms with Crippen molar-refractivity contribution >= 4 is 6.09 Å². The standard InChI is InChI=1S/C15H29N3O2/c1-3-20-15(19)18-8-6-17(7-9-18)14-10-12(2)4-5-13(14)11-16/h12-14H,3-11,16H2,1-2H3. The van der Waals surface area contributed by atoms with Gasteiger partial charge in [-0.05, 0) is 38.1 Å². The number of amides is 1. The van der Waals surface area contributed by atoms with Gasteiger partial charge in [-0.3, -0.25) is 4.90 Å². The number of hydrogen-bond donors (Lipinski definition) is 1. The van der Waals surface area contributed by atoms with Crippen LogP contribution in [0.3, 0.4) is 0 Å². The first kappa shape index (κ1) is 15.6. The van der Waals surface area contributed by atoms with E-state index in [0.29, 0.717) is 18.6 Å². The average Bonchev–Trinajstić information content (AvgIpc) is 2.47. The van der Waals surface area contributed by atoms with E-state index in [2.05, 4.69) is 11.8 Å². The molecule has 20 heavy (non-hydrogen) atoms. The number of ether oxygens (including phenoxy) is 1. The summed E-state index contributed by atoms with van der Waals surface area (Å²) >= 11 is 0. The van der Waals surface area contributed by atoms with E-state index in [9.17, 15) is 4.79 Å². The number of carbonyl (C=O) groups excluding carboxylic acids is 1. The molecule has 2 N–H and O–H groups in total. The van der Waals surface area contributed by atoms with Gasteiger partial charge < -0.3 is 15.4 Å². The molecule has 2 fully saturated rings. The van der Waals surface area contributed by atoms with E-state index in [1.165, 1.54) is 19.3 Å². The lowest BCUT2D eigenvalue weighted by atomic mass is 9.78. The SMILES string of the molecule is CCOC(=O)N1CCN(C2CC(C)CCC2CN)CC1. The Morgan fingerprint density at radius 1 is 1.25 bits per heavy atom. The summed E-state index contributed by atoms with van der Waals surface area (Å²) in [6.07, 6.45) is 3.64. The van der Waals surface area contributed by atoms with E-state index in [-0.39, 0.29) is 6.09 Å². The molecule has 1 saturated heterocycles. The second-order valence-corrected chi connectivity index (χ2v) is 6.20. The molecule has 1 amide bonds. The lowest BCUT2D eigenvalue weighted by Gasteiger charge is -2.45. The molecule has 0 aromatic carbocycles. The minimum absolute atomic E-state index is 0.167. The molecule has 3 atom stereocenters. The molecule has 2 aliphatic rings. The van der Waals surface area contributed by atoms with E-state index >= 15 is 0 Å². The average molecular weight is 283 g/mol. The Morgan fingerprint density at radius 3 is 2.55 bits per heavy atom. The number of carbonyl (C=O) groups is 1. The molecule has 1 saturated carbocycles. The van der Waals surface area contributed by atoms with Gasteiger partial charge in [-0.2, -0.15) is 0 Å². The molecular formula is C15H29N3O2. The Balaban J connectivity index is 1.87. The lowest BCUT2D eigenvalue weighted by molar-refractivity contribution is 0.0331. The van der Waals surface area contributed by atoms with Gasteiger partial charge in [0.15, 0.2) is 0 Å². The molecule has 1 aliphatic heterocycles. The first-order valence-corrected chi connectivity index (χ1v) is 8.01. The number of nitrogens with two attached hydrogens (primary N) is 1. The highest BCUT2D eigenvalue weighted by Gasteiger charge is 2.34. The van der Waals surface area contributed by atoms with Crippen LogP contribution in [0, 0.1) is 11.8 Å².